The van der Waals surface area contributed by atoms with Crippen LogP contribution in [0.4, 0.5) is 0 Å². The van der Waals surface area contributed by atoms with Crippen LogP contribution in [0.5, 0.6) is 11.5 Å². The Balaban J connectivity index is 2.12. The summed E-state index contributed by atoms with van der Waals surface area (Å²) in [6, 6.07) is 13.7. The van der Waals surface area contributed by atoms with Crippen LogP contribution in [0.3, 0.4) is 0 Å². The van der Waals surface area contributed by atoms with Gasteiger partial charge in [-0.1, -0.05) is 49.2 Å². The van der Waals surface area contributed by atoms with Crippen LogP contribution in [-0.2, 0) is 16.1 Å². The van der Waals surface area contributed by atoms with E-state index in [4.69, 9.17) is 21.1 Å². The summed E-state index contributed by atoms with van der Waals surface area (Å²) in [6.07, 6.45) is 1.87. The molecule has 1 atom stereocenters. The Kier molecular flexibility index (Phi) is 9.48. The molecule has 0 aromatic heterocycles. The van der Waals surface area contributed by atoms with Crippen molar-refractivity contribution in [1.82, 2.24) is 10.2 Å². The van der Waals surface area contributed by atoms with Crippen molar-refractivity contribution in [2.75, 3.05) is 20.3 Å². The van der Waals surface area contributed by atoms with Gasteiger partial charge >= 0.3 is 0 Å². The van der Waals surface area contributed by atoms with Crippen LogP contribution < -0.4 is 14.8 Å². The number of methoxy groups -OCH3 is 1. The van der Waals surface area contributed by atoms with E-state index in [1.165, 1.54) is 4.90 Å². The molecule has 2 amide bonds. The molecular formula is C23H29ClN2O4. The largest absolute Gasteiger partial charge is 0.497 e. The van der Waals surface area contributed by atoms with Crippen LogP contribution >= 0.6 is 11.6 Å². The number of nitrogens with zero attached hydrogens (tertiary/aromatic N) is 1. The summed E-state index contributed by atoms with van der Waals surface area (Å²) >= 11 is 6.10. The number of ether oxygens (including phenoxy) is 2. The fourth-order valence-corrected chi connectivity index (χ4v) is 3.02. The monoisotopic (exact) mass is 432 g/mol. The molecule has 2 aromatic carbocycles. The second-order valence-electron chi connectivity index (χ2n) is 6.91. The fraction of sp³-hybridized carbons (Fsp3) is 0.391. The van der Waals surface area contributed by atoms with Gasteiger partial charge in [-0.2, -0.15) is 0 Å². The molecule has 30 heavy (non-hydrogen) atoms. The normalized spacial score (nSPS) is 11.5. The molecule has 2 aromatic rings. The van der Waals surface area contributed by atoms with Crippen molar-refractivity contribution in [3.05, 3.63) is 59.1 Å². The molecule has 162 valence electrons. The zero-order valence-electron chi connectivity index (χ0n) is 17.7. The van der Waals surface area contributed by atoms with Crippen LogP contribution in [0.1, 0.15) is 32.3 Å². The van der Waals surface area contributed by atoms with Crippen molar-refractivity contribution in [1.29, 1.82) is 0 Å². The number of halogens is 1. The molecule has 0 aliphatic heterocycles. The number of carbonyl (C=O) groups is 2. The van der Waals surface area contributed by atoms with E-state index in [0.29, 0.717) is 17.3 Å². The van der Waals surface area contributed by atoms with E-state index in [0.717, 1.165) is 24.2 Å². The molecule has 0 bridgehead atoms. The number of benzene rings is 2. The molecule has 0 aliphatic carbocycles. The number of hydrogen-bond acceptors (Lipinski definition) is 4. The van der Waals surface area contributed by atoms with E-state index in [1.54, 1.807) is 38.3 Å². The number of amides is 2. The highest BCUT2D eigenvalue weighted by atomic mass is 35.5. The predicted molar refractivity (Wildman–Crippen MR) is 118 cm³/mol. The first-order chi connectivity index (χ1) is 14.5. The Labute approximate surface area is 183 Å². The van der Waals surface area contributed by atoms with Crippen molar-refractivity contribution < 1.29 is 19.1 Å². The standard InChI is InChI=1S/C23H29ClN2O4/c1-4-5-14-25-23(28)17(2)26(15-18-10-12-19(29-3)13-11-18)22(27)16-30-21-9-7-6-8-20(21)24/h6-13,17H,4-5,14-16H2,1-3H3,(H,25,28)/t17-/m1/s1. The van der Waals surface area contributed by atoms with Gasteiger partial charge in [0.05, 0.1) is 12.1 Å². The minimum atomic E-state index is -0.647. The van der Waals surface area contributed by atoms with Crippen LogP contribution in [0.2, 0.25) is 5.02 Å². The van der Waals surface area contributed by atoms with E-state index >= 15 is 0 Å². The average Bonchev–Trinajstić information content (AvgIpc) is 2.76. The molecule has 0 heterocycles. The Morgan fingerprint density at radius 3 is 2.47 bits per heavy atom. The molecular weight excluding hydrogens is 404 g/mol. The summed E-state index contributed by atoms with van der Waals surface area (Å²) in [5, 5.41) is 3.32. The summed E-state index contributed by atoms with van der Waals surface area (Å²) in [5.74, 6) is 0.660. The van der Waals surface area contributed by atoms with Gasteiger partial charge in [0.15, 0.2) is 6.61 Å². The first kappa shape index (κ1) is 23.5. The fourth-order valence-electron chi connectivity index (χ4n) is 2.83. The Bertz CT molecular complexity index is 826. The minimum absolute atomic E-state index is 0.192. The lowest BCUT2D eigenvalue weighted by Crippen LogP contribution is -2.49. The summed E-state index contributed by atoms with van der Waals surface area (Å²) in [7, 11) is 1.60. The second-order valence-corrected chi connectivity index (χ2v) is 7.32. The summed E-state index contributed by atoms with van der Waals surface area (Å²) in [6.45, 7) is 4.42. The minimum Gasteiger partial charge on any atom is -0.497 e. The third kappa shape index (κ3) is 6.95. The van der Waals surface area contributed by atoms with E-state index in [1.807, 2.05) is 24.3 Å². The highest BCUT2D eigenvalue weighted by molar-refractivity contribution is 6.32. The molecule has 0 unspecified atom stereocenters. The van der Waals surface area contributed by atoms with Crippen molar-refractivity contribution in [2.24, 2.45) is 0 Å². The van der Waals surface area contributed by atoms with Gasteiger partial charge in [0.25, 0.3) is 5.91 Å². The lowest BCUT2D eigenvalue weighted by Gasteiger charge is -2.29. The van der Waals surface area contributed by atoms with Gasteiger partial charge in [0.2, 0.25) is 5.91 Å². The molecule has 0 saturated heterocycles. The molecule has 0 fully saturated rings. The molecule has 0 spiro atoms. The van der Waals surface area contributed by atoms with Gasteiger partial charge in [0.1, 0.15) is 17.5 Å². The number of para-hydroxylation sites is 1. The number of carbonyl (C=O) groups excluding carboxylic acids is 2. The summed E-state index contributed by atoms with van der Waals surface area (Å²) in [4.78, 5) is 27.1. The first-order valence-electron chi connectivity index (χ1n) is 10.0. The Hall–Kier alpha value is -2.73. The lowest BCUT2D eigenvalue weighted by atomic mass is 10.1. The number of unbranched alkanes of at least 4 members (excludes halogenated alkanes) is 1. The molecule has 0 aliphatic rings. The maximum Gasteiger partial charge on any atom is 0.261 e. The SMILES string of the molecule is CCCCNC(=O)[C@@H](C)N(Cc1ccc(OC)cc1)C(=O)COc1ccccc1Cl. The van der Waals surface area contributed by atoms with E-state index < -0.39 is 6.04 Å². The van der Waals surface area contributed by atoms with Crippen LogP contribution in [0, 0.1) is 0 Å². The van der Waals surface area contributed by atoms with Crippen molar-refractivity contribution in [3.8, 4) is 11.5 Å². The van der Waals surface area contributed by atoms with Crippen LogP contribution in [0.15, 0.2) is 48.5 Å². The topological polar surface area (TPSA) is 67.9 Å². The van der Waals surface area contributed by atoms with Gasteiger partial charge in [-0.15, -0.1) is 0 Å². The second kappa shape index (κ2) is 12.1. The van der Waals surface area contributed by atoms with Gasteiger partial charge in [-0.05, 0) is 43.2 Å². The van der Waals surface area contributed by atoms with Crippen molar-refractivity contribution >= 4 is 23.4 Å². The molecule has 1 N–H and O–H groups in total. The first-order valence-corrected chi connectivity index (χ1v) is 10.4. The Morgan fingerprint density at radius 2 is 1.83 bits per heavy atom. The highest BCUT2D eigenvalue weighted by Gasteiger charge is 2.26. The van der Waals surface area contributed by atoms with Crippen molar-refractivity contribution in [2.45, 2.75) is 39.3 Å². The number of rotatable bonds is 11. The lowest BCUT2D eigenvalue weighted by molar-refractivity contribution is -0.142. The highest BCUT2D eigenvalue weighted by Crippen LogP contribution is 2.23. The average molecular weight is 433 g/mol. The van der Waals surface area contributed by atoms with Gasteiger partial charge in [-0.25, -0.2) is 0 Å². The number of hydrogen-bond donors (Lipinski definition) is 1. The molecule has 6 nitrogen and oxygen atoms in total. The third-order valence-corrected chi connectivity index (χ3v) is 5.01. The molecule has 2 rings (SSSR count). The maximum atomic E-state index is 13.0. The maximum absolute atomic E-state index is 13.0. The number of nitrogens with one attached hydrogen (secondary N) is 1. The third-order valence-electron chi connectivity index (χ3n) is 4.70. The Morgan fingerprint density at radius 1 is 1.13 bits per heavy atom. The van der Waals surface area contributed by atoms with E-state index in [2.05, 4.69) is 12.2 Å². The van der Waals surface area contributed by atoms with Crippen LogP contribution in [0.25, 0.3) is 0 Å². The van der Waals surface area contributed by atoms with E-state index in [-0.39, 0.29) is 25.0 Å². The summed E-state index contributed by atoms with van der Waals surface area (Å²) < 4.78 is 10.8. The predicted octanol–water partition coefficient (Wildman–Crippen LogP) is 4.06. The molecule has 0 saturated carbocycles. The zero-order chi connectivity index (χ0) is 21.9. The van der Waals surface area contributed by atoms with Crippen LogP contribution in [-0.4, -0.2) is 43.0 Å². The van der Waals surface area contributed by atoms with Crippen molar-refractivity contribution in [3.63, 3.8) is 0 Å². The summed E-state index contributed by atoms with van der Waals surface area (Å²) in [5.41, 5.74) is 0.884. The van der Waals surface area contributed by atoms with Gasteiger partial charge in [-0.3, -0.25) is 9.59 Å². The molecule has 7 heteroatoms. The smallest absolute Gasteiger partial charge is 0.261 e. The van der Waals surface area contributed by atoms with E-state index in [9.17, 15) is 9.59 Å². The quantitative estimate of drug-likeness (QED) is 0.544. The van der Waals surface area contributed by atoms with Gasteiger partial charge in [0, 0.05) is 13.1 Å². The van der Waals surface area contributed by atoms with Gasteiger partial charge < -0.3 is 19.7 Å². The zero-order valence-corrected chi connectivity index (χ0v) is 18.4. The molecule has 0 radical (unpaired) electrons.